The first-order valence-corrected chi connectivity index (χ1v) is 3.42. The van der Waals surface area contributed by atoms with Gasteiger partial charge in [0, 0.05) is 27.7 Å². The smallest absolute Gasteiger partial charge is 0.125 e. The molecule has 0 heterocycles. The second kappa shape index (κ2) is 5.23. The summed E-state index contributed by atoms with van der Waals surface area (Å²) in [4.78, 5) is 6.13. The second-order valence-electron chi connectivity index (χ2n) is 2.09. The van der Waals surface area contributed by atoms with Gasteiger partial charge in [-0.15, -0.1) is 0 Å². The minimum atomic E-state index is 0.598. The molecule has 0 aliphatic carbocycles. The molecular weight excluding hydrogens is 128 g/mol. The zero-order valence-electron chi connectivity index (χ0n) is 7.22. The summed E-state index contributed by atoms with van der Waals surface area (Å²) in [5.74, 6) is 0.991. The fraction of sp³-hybridized carbons (Fsp3) is 0.857. The van der Waals surface area contributed by atoms with Crippen molar-refractivity contribution in [3.63, 3.8) is 0 Å². The van der Waals surface area contributed by atoms with Gasteiger partial charge in [0.2, 0.25) is 0 Å². The maximum absolute atomic E-state index is 4.95. The molecule has 0 saturated heterocycles. The quantitative estimate of drug-likeness (QED) is 0.428. The lowest BCUT2D eigenvalue weighted by atomic mass is 10.5. The predicted molar refractivity (Wildman–Crippen MR) is 43.5 cm³/mol. The fourth-order valence-electron chi connectivity index (χ4n) is 0.657. The normalized spacial score (nSPS) is 11.8. The molecule has 0 atom stereocenters. The fourth-order valence-corrected chi connectivity index (χ4v) is 0.657. The number of hydrogen-bond donors (Lipinski definition) is 0. The van der Waals surface area contributed by atoms with Crippen molar-refractivity contribution in [1.29, 1.82) is 0 Å². The van der Waals surface area contributed by atoms with Crippen molar-refractivity contribution in [2.45, 2.75) is 6.92 Å². The lowest BCUT2D eigenvalue weighted by Crippen LogP contribution is -2.29. The van der Waals surface area contributed by atoms with E-state index in [-0.39, 0.29) is 0 Å². The number of ether oxygens (including phenoxy) is 1. The SMILES string of the molecule is CCN(C)C(COC)=NC. The Morgan fingerprint density at radius 1 is 1.60 bits per heavy atom. The van der Waals surface area contributed by atoms with E-state index in [0.717, 1.165) is 12.4 Å². The Hall–Kier alpha value is -0.570. The second-order valence-corrected chi connectivity index (χ2v) is 2.09. The molecule has 0 bridgehead atoms. The molecule has 0 unspecified atom stereocenters. The Kier molecular flexibility index (Phi) is 4.94. The first kappa shape index (κ1) is 9.43. The van der Waals surface area contributed by atoms with E-state index in [1.807, 2.05) is 7.05 Å². The minimum absolute atomic E-state index is 0.598. The number of methoxy groups -OCH3 is 1. The van der Waals surface area contributed by atoms with Gasteiger partial charge in [-0.2, -0.15) is 0 Å². The molecule has 0 fully saturated rings. The third-order valence-corrected chi connectivity index (χ3v) is 1.45. The highest BCUT2D eigenvalue weighted by atomic mass is 16.5. The van der Waals surface area contributed by atoms with Gasteiger partial charge in [0.25, 0.3) is 0 Å². The molecule has 0 aromatic heterocycles. The van der Waals surface area contributed by atoms with Gasteiger partial charge in [0.05, 0.1) is 0 Å². The van der Waals surface area contributed by atoms with Crippen molar-refractivity contribution in [2.75, 3.05) is 34.4 Å². The summed E-state index contributed by atoms with van der Waals surface area (Å²) in [7, 11) is 5.45. The number of likely N-dealkylation sites (N-methyl/N-ethyl adjacent to an activating group) is 1. The molecule has 0 rings (SSSR count). The zero-order chi connectivity index (χ0) is 7.98. The summed E-state index contributed by atoms with van der Waals surface area (Å²) in [6, 6.07) is 0. The van der Waals surface area contributed by atoms with E-state index >= 15 is 0 Å². The molecule has 0 amide bonds. The Bertz CT molecular complexity index is 112. The van der Waals surface area contributed by atoms with E-state index in [2.05, 4.69) is 16.8 Å². The summed E-state index contributed by atoms with van der Waals surface area (Å²) in [6.45, 7) is 3.65. The molecule has 0 aliphatic rings. The molecule has 0 aromatic carbocycles. The van der Waals surface area contributed by atoms with E-state index in [9.17, 15) is 0 Å². The zero-order valence-corrected chi connectivity index (χ0v) is 7.22. The van der Waals surface area contributed by atoms with E-state index in [1.165, 1.54) is 0 Å². The van der Waals surface area contributed by atoms with Crippen LogP contribution in [0.1, 0.15) is 6.92 Å². The van der Waals surface area contributed by atoms with Crippen LogP contribution in [0.5, 0.6) is 0 Å². The monoisotopic (exact) mass is 144 g/mol. The standard InChI is InChI=1S/C7H16N2O/c1-5-9(3)7(8-2)6-10-4/h5-6H2,1-4H3. The van der Waals surface area contributed by atoms with Crippen LogP contribution in [-0.4, -0.2) is 45.1 Å². The van der Waals surface area contributed by atoms with Crippen molar-refractivity contribution in [1.82, 2.24) is 4.90 Å². The van der Waals surface area contributed by atoms with Crippen LogP contribution in [0, 0.1) is 0 Å². The van der Waals surface area contributed by atoms with Crippen molar-refractivity contribution in [3.05, 3.63) is 0 Å². The lowest BCUT2D eigenvalue weighted by molar-refractivity contribution is 0.234. The number of hydrogen-bond acceptors (Lipinski definition) is 2. The van der Waals surface area contributed by atoms with Gasteiger partial charge in [-0.3, -0.25) is 4.99 Å². The Labute approximate surface area is 62.7 Å². The molecule has 3 heteroatoms. The molecule has 0 saturated carbocycles. The maximum atomic E-state index is 4.95. The van der Waals surface area contributed by atoms with Gasteiger partial charge in [-0.1, -0.05) is 0 Å². The highest BCUT2D eigenvalue weighted by Gasteiger charge is 2.00. The Balaban J connectivity index is 3.82. The third-order valence-electron chi connectivity index (χ3n) is 1.45. The van der Waals surface area contributed by atoms with Crippen LogP contribution in [0.4, 0.5) is 0 Å². The number of aliphatic imine (C=N–C) groups is 1. The lowest BCUT2D eigenvalue weighted by Gasteiger charge is -2.17. The van der Waals surface area contributed by atoms with Gasteiger partial charge >= 0.3 is 0 Å². The summed E-state index contributed by atoms with van der Waals surface area (Å²) in [5.41, 5.74) is 0. The average molecular weight is 144 g/mol. The number of nitrogens with zero attached hydrogens (tertiary/aromatic N) is 2. The topological polar surface area (TPSA) is 24.8 Å². The van der Waals surface area contributed by atoms with Crippen molar-refractivity contribution in [2.24, 2.45) is 4.99 Å². The highest BCUT2D eigenvalue weighted by Crippen LogP contribution is 1.86. The summed E-state index contributed by atoms with van der Waals surface area (Å²) < 4.78 is 4.95. The predicted octanol–water partition coefficient (Wildman–Crippen LogP) is 0.613. The molecule has 10 heavy (non-hydrogen) atoms. The third kappa shape index (κ3) is 2.82. The van der Waals surface area contributed by atoms with Crippen LogP contribution in [0.2, 0.25) is 0 Å². The van der Waals surface area contributed by atoms with Crippen LogP contribution in [-0.2, 0) is 4.74 Å². The summed E-state index contributed by atoms with van der Waals surface area (Å²) in [6.07, 6.45) is 0. The first-order valence-electron chi connectivity index (χ1n) is 3.42. The van der Waals surface area contributed by atoms with Crippen molar-refractivity contribution < 1.29 is 4.74 Å². The molecule has 0 radical (unpaired) electrons. The molecule has 60 valence electrons. The van der Waals surface area contributed by atoms with E-state index in [0.29, 0.717) is 6.61 Å². The molecule has 0 aliphatic heterocycles. The van der Waals surface area contributed by atoms with E-state index in [4.69, 9.17) is 4.74 Å². The minimum Gasteiger partial charge on any atom is -0.377 e. The molecule has 3 nitrogen and oxygen atoms in total. The number of amidine groups is 1. The highest BCUT2D eigenvalue weighted by molar-refractivity contribution is 5.83. The van der Waals surface area contributed by atoms with Gasteiger partial charge in [-0.25, -0.2) is 0 Å². The molecular formula is C7H16N2O. The van der Waals surface area contributed by atoms with Crippen LogP contribution < -0.4 is 0 Å². The number of rotatable bonds is 3. The van der Waals surface area contributed by atoms with Crippen molar-refractivity contribution >= 4 is 5.84 Å². The van der Waals surface area contributed by atoms with Crippen LogP contribution in [0.3, 0.4) is 0 Å². The van der Waals surface area contributed by atoms with Gasteiger partial charge < -0.3 is 9.64 Å². The van der Waals surface area contributed by atoms with Crippen LogP contribution in [0.25, 0.3) is 0 Å². The largest absolute Gasteiger partial charge is 0.377 e. The van der Waals surface area contributed by atoms with Crippen molar-refractivity contribution in [3.8, 4) is 0 Å². The molecule has 0 N–H and O–H groups in total. The Morgan fingerprint density at radius 3 is 2.50 bits per heavy atom. The maximum Gasteiger partial charge on any atom is 0.125 e. The summed E-state index contributed by atoms with van der Waals surface area (Å²) in [5, 5.41) is 0. The molecule has 0 aromatic rings. The van der Waals surface area contributed by atoms with Crippen LogP contribution in [0.15, 0.2) is 4.99 Å². The summed E-state index contributed by atoms with van der Waals surface area (Å²) >= 11 is 0. The van der Waals surface area contributed by atoms with Crippen LogP contribution >= 0.6 is 0 Å². The van der Waals surface area contributed by atoms with E-state index in [1.54, 1.807) is 14.2 Å². The molecule has 0 spiro atoms. The van der Waals surface area contributed by atoms with Gasteiger partial charge in [0.15, 0.2) is 0 Å². The van der Waals surface area contributed by atoms with Gasteiger partial charge in [0.1, 0.15) is 12.4 Å². The Morgan fingerprint density at radius 2 is 2.20 bits per heavy atom. The first-order chi connectivity index (χ1) is 4.76. The van der Waals surface area contributed by atoms with E-state index < -0.39 is 0 Å². The average Bonchev–Trinajstić information content (AvgIpc) is 1.99. The van der Waals surface area contributed by atoms with Gasteiger partial charge in [-0.05, 0) is 6.92 Å².